The van der Waals surface area contributed by atoms with Crippen molar-refractivity contribution in [3.8, 4) is 11.5 Å². The van der Waals surface area contributed by atoms with E-state index in [0.717, 1.165) is 40.1 Å². The van der Waals surface area contributed by atoms with Gasteiger partial charge < -0.3 is 8.98 Å². The fraction of sp³-hybridized carbons (Fsp3) is 0.300. The van der Waals surface area contributed by atoms with Crippen LogP contribution >= 0.6 is 0 Å². The zero-order chi connectivity index (χ0) is 16.9. The van der Waals surface area contributed by atoms with Crippen LogP contribution in [0.2, 0.25) is 0 Å². The molecule has 0 saturated heterocycles. The van der Waals surface area contributed by atoms with Crippen molar-refractivity contribution in [1.82, 2.24) is 14.5 Å². The molecule has 0 atom stereocenters. The Hall–Kier alpha value is -2.62. The first-order chi connectivity index (χ1) is 11.4. The molecule has 0 N–H and O–H groups in total. The van der Waals surface area contributed by atoms with Gasteiger partial charge in [-0.05, 0) is 42.7 Å². The quantitative estimate of drug-likeness (QED) is 0.510. The largest absolute Gasteiger partial charge is 0.436 e. The number of oxazole rings is 1. The molecule has 0 aliphatic rings. The maximum Gasteiger partial charge on any atom is 0.227 e. The van der Waals surface area contributed by atoms with Crippen LogP contribution in [0.15, 0.2) is 46.9 Å². The second-order valence-corrected chi connectivity index (χ2v) is 7.50. The molecule has 0 amide bonds. The van der Waals surface area contributed by atoms with Crippen LogP contribution in [0.3, 0.4) is 0 Å². The Balaban J connectivity index is 1.81. The normalized spacial score (nSPS) is 12.3. The minimum Gasteiger partial charge on any atom is -0.436 e. The summed E-state index contributed by atoms with van der Waals surface area (Å²) in [5.74, 6) is 1.68. The second kappa shape index (κ2) is 5.20. The summed E-state index contributed by atoms with van der Waals surface area (Å²) in [7, 11) is 0. The summed E-state index contributed by atoms with van der Waals surface area (Å²) in [6.07, 6.45) is 0. The lowest BCUT2D eigenvalue weighted by Crippen LogP contribution is -2.16. The lowest BCUT2D eigenvalue weighted by atomic mass is 9.96. The number of hydrogen-bond donors (Lipinski definition) is 0. The van der Waals surface area contributed by atoms with Crippen LogP contribution in [0.25, 0.3) is 33.6 Å². The number of aromatic nitrogens is 3. The number of para-hydroxylation sites is 2. The summed E-state index contributed by atoms with van der Waals surface area (Å²) in [4.78, 5) is 9.31. The first-order valence-electron chi connectivity index (χ1n) is 8.24. The van der Waals surface area contributed by atoms with Gasteiger partial charge in [-0.15, -0.1) is 0 Å². The molecule has 2 aromatic heterocycles. The van der Waals surface area contributed by atoms with Crippen molar-refractivity contribution in [2.75, 3.05) is 0 Å². The van der Waals surface area contributed by atoms with Crippen LogP contribution in [0, 0.1) is 12.3 Å². The summed E-state index contributed by atoms with van der Waals surface area (Å²) in [5, 5.41) is 0. The molecule has 2 heterocycles. The van der Waals surface area contributed by atoms with Crippen molar-refractivity contribution in [2.24, 2.45) is 5.41 Å². The van der Waals surface area contributed by atoms with Gasteiger partial charge in [-0.2, -0.15) is 0 Å². The average Bonchev–Trinajstić information content (AvgIpc) is 3.07. The maximum atomic E-state index is 5.87. The van der Waals surface area contributed by atoms with Gasteiger partial charge in [0.1, 0.15) is 11.3 Å². The maximum absolute atomic E-state index is 5.87. The number of benzene rings is 2. The molecule has 0 radical (unpaired) electrons. The van der Waals surface area contributed by atoms with Gasteiger partial charge in [-0.3, -0.25) is 0 Å². The second-order valence-electron chi connectivity index (χ2n) is 7.50. The Kier molecular flexibility index (Phi) is 3.23. The standard InChI is InChI=1S/C20H21N3O/c1-13-21-16-11-14(9-10-17(16)23(13)12-20(2,3)4)19-22-15-7-5-6-8-18(15)24-19/h5-11H,12H2,1-4H3. The van der Waals surface area contributed by atoms with Gasteiger partial charge in [-0.25, -0.2) is 9.97 Å². The minimum atomic E-state index is 0.206. The zero-order valence-corrected chi connectivity index (χ0v) is 14.5. The van der Waals surface area contributed by atoms with E-state index in [0.29, 0.717) is 5.89 Å². The first kappa shape index (κ1) is 14.9. The van der Waals surface area contributed by atoms with Gasteiger partial charge in [0, 0.05) is 12.1 Å². The Bertz CT molecular complexity index is 1000. The van der Waals surface area contributed by atoms with E-state index in [4.69, 9.17) is 9.40 Å². The van der Waals surface area contributed by atoms with E-state index >= 15 is 0 Å². The highest BCUT2D eigenvalue weighted by molar-refractivity contribution is 5.83. The van der Waals surface area contributed by atoms with Crippen LogP contribution < -0.4 is 0 Å². The molecule has 2 aromatic carbocycles. The van der Waals surface area contributed by atoms with Crippen molar-refractivity contribution in [2.45, 2.75) is 34.2 Å². The molecular formula is C20H21N3O. The summed E-state index contributed by atoms with van der Waals surface area (Å²) in [5.41, 5.74) is 4.99. The third-order valence-electron chi connectivity index (χ3n) is 4.11. The van der Waals surface area contributed by atoms with Crippen LogP contribution in [0.1, 0.15) is 26.6 Å². The van der Waals surface area contributed by atoms with Gasteiger partial charge in [-0.1, -0.05) is 32.9 Å². The van der Waals surface area contributed by atoms with Crippen LogP contribution in [0.5, 0.6) is 0 Å². The molecule has 4 rings (SSSR count). The first-order valence-corrected chi connectivity index (χ1v) is 8.24. The van der Waals surface area contributed by atoms with Crippen molar-refractivity contribution < 1.29 is 4.42 Å². The van der Waals surface area contributed by atoms with E-state index in [1.54, 1.807) is 0 Å². The van der Waals surface area contributed by atoms with Crippen molar-refractivity contribution >= 4 is 22.1 Å². The molecule has 0 bridgehead atoms. The van der Waals surface area contributed by atoms with Crippen molar-refractivity contribution in [1.29, 1.82) is 0 Å². The lowest BCUT2D eigenvalue weighted by molar-refractivity contribution is 0.345. The molecule has 0 spiro atoms. The van der Waals surface area contributed by atoms with E-state index in [2.05, 4.69) is 55.4 Å². The number of fused-ring (bicyclic) bond motifs is 2. The van der Waals surface area contributed by atoms with E-state index in [-0.39, 0.29) is 5.41 Å². The molecule has 0 aliphatic carbocycles. The number of nitrogens with zero attached hydrogens (tertiary/aromatic N) is 3. The van der Waals surface area contributed by atoms with Crippen LogP contribution in [-0.4, -0.2) is 14.5 Å². The van der Waals surface area contributed by atoms with Crippen molar-refractivity contribution in [3.63, 3.8) is 0 Å². The highest BCUT2D eigenvalue weighted by Crippen LogP contribution is 2.29. The number of imidazole rings is 1. The fourth-order valence-electron chi connectivity index (χ4n) is 3.05. The number of rotatable bonds is 2. The van der Waals surface area contributed by atoms with Gasteiger partial charge in [0.25, 0.3) is 0 Å². The average molecular weight is 319 g/mol. The van der Waals surface area contributed by atoms with Gasteiger partial charge in [0.2, 0.25) is 5.89 Å². The molecular weight excluding hydrogens is 298 g/mol. The molecule has 4 aromatic rings. The molecule has 4 nitrogen and oxygen atoms in total. The van der Waals surface area contributed by atoms with Crippen LogP contribution in [-0.2, 0) is 6.54 Å². The lowest BCUT2D eigenvalue weighted by Gasteiger charge is -2.20. The molecule has 122 valence electrons. The Morgan fingerprint density at radius 2 is 1.79 bits per heavy atom. The Morgan fingerprint density at radius 1 is 1.00 bits per heavy atom. The highest BCUT2D eigenvalue weighted by Gasteiger charge is 2.17. The minimum absolute atomic E-state index is 0.206. The smallest absolute Gasteiger partial charge is 0.227 e. The number of hydrogen-bond acceptors (Lipinski definition) is 3. The van der Waals surface area contributed by atoms with E-state index in [1.165, 1.54) is 0 Å². The summed E-state index contributed by atoms with van der Waals surface area (Å²) in [6, 6.07) is 14.1. The van der Waals surface area contributed by atoms with E-state index in [1.807, 2.05) is 24.3 Å². The molecule has 4 heteroatoms. The Labute approximate surface area is 141 Å². The third kappa shape index (κ3) is 2.58. The van der Waals surface area contributed by atoms with Gasteiger partial charge in [0.15, 0.2) is 5.58 Å². The van der Waals surface area contributed by atoms with E-state index in [9.17, 15) is 0 Å². The molecule has 0 aliphatic heterocycles. The Morgan fingerprint density at radius 3 is 2.54 bits per heavy atom. The zero-order valence-electron chi connectivity index (χ0n) is 14.5. The third-order valence-corrected chi connectivity index (χ3v) is 4.11. The predicted molar refractivity (Wildman–Crippen MR) is 96.9 cm³/mol. The monoisotopic (exact) mass is 319 g/mol. The van der Waals surface area contributed by atoms with Crippen LogP contribution in [0.4, 0.5) is 0 Å². The van der Waals surface area contributed by atoms with Gasteiger partial charge in [0.05, 0.1) is 11.0 Å². The predicted octanol–water partition coefficient (Wildman–Crippen LogP) is 5.20. The molecule has 0 saturated carbocycles. The summed E-state index contributed by atoms with van der Waals surface area (Å²) in [6.45, 7) is 9.73. The topological polar surface area (TPSA) is 43.9 Å². The molecule has 24 heavy (non-hydrogen) atoms. The summed E-state index contributed by atoms with van der Waals surface area (Å²) < 4.78 is 8.16. The molecule has 0 fully saturated rings. The highest BCUT2D eigenvalue weighted by atomic mass is 16.3. The van der Waals surface area contributed by atoms with Crippen molar-refractivity contribution in [3.05, 3.63) is 48.3 Å². The SMILES string of the molecule is Cc1nc2cc(-c3nc4ccccc4o3)ccc2n1CC(C)(C)C. The number of aryl methyl sites for hydroxylation is 1. The van der Waals surface area contributed by atoms with E-state index < -0.39 is 0 Å². The molecule has 0 unspecified atom stereocenters. The summed E-state index contributed by atoms with van der Waals surface area (Å²) >= 11 is 0. The fourth-order valence-corrected chi connectivity index (χ4v) is 3.05. The van der Waals surface area contributed by atoms with Gasteiger partial charge >= 0.3 is 0 Å².